The van der Waals surface area contributed by atoms with Crippen molar-refractivity contribution in [3.8, 4) is 0 Å². The van der Waals surface area contributed by atoms with E-state index in [1.807, 2.05) is 13.8 Å². The Morgan fingerprint density at radius 2 is 1.75 bits per heavy atom. The second-order valence-electron chi connectivity index (χ2n) is 10.6. The van der Waals surface area contributed by atoms with Gasteiger partial charge in [-0.15, -0.1) is 0 Å². The average molecular weight is 391 g/mol. The van der Waals surface area contributed by atoms with Gasteiger partial charge in [-0.1, -0.05) is 33.8 Å². The van der Waals surface area contributed by atoms with Crippen LogP contribution >= 0.6 is 0 Å². The van der Waals surface area contributed by atoms with Crippen molar-refractivity contribution >= 4 is 11.6 Å². The SMILES string of the molecule is CC(=O)[C@@]1(C)[C@H](C)CC2C3C[C@H](F)C4=CC(=O)C=C[C@]4(C)[C@@]3(F)[C@@H](C)C[C@@]21C. The second-order valence-corrected chi connectivity index (χ2v) is 10.6. The Morgan fingerprint density at radius 3 is 2.36 bits per heavy atom. The molecule has 3 fully saturated rings. The fourth-order valence-corrected chi connectivity index (χ4v) is 8.03. The summed E-state index contributed by atoms with van der Waals surface area (Å²) in [5, 5.41) is 0. The van der Waals surface area contributed by atoms with Crippen LogP contribution in [0.1, 0.15) is 60.8 Å². The molecule has 2 nitrogen and oxygen atoms in total. The summed E-state index contributed by atoms with van der Waals surface area (Å²) in [6, 6.07) is 0. The van der Waals surface area contributed by atoms with Crippen LogP contribution in [0.15, 0.2) is 23.8 Å². The van der Waals surface area contributed by atoms with Crippen LogP contribution in [0.4, 0.5) is 8.78 Å². The van der Waals surface area contributed by atoms with Gasteiger partial charge < -0.3 is 0 Å². The molecule has 2 unspecified atom stereocenters. The van der Waals surface area contributed by atoms with E-state index in [-0.39, 0.29) is 41.2 Å². The lowest BCUT2D eigenvalue weighted by atomic mass is 9.41. The number of carbonyl (C=O) groups excluding carboxylic acids is 2. The molecule has 4 aliphatic rings. The fraction of sp³-hybridized carbons (Fsp3) is 0.750. The van der Waals surface area contributed by atoms with E-state index >= 15 is 8.78 Å². The molecule has 154 valence electrons. The van der Waals surface area contributed by atoms with Crippen molar-refractivity contribution in [3.05, 3.63) is 23.8 Å². The molecule has 4 rings (SSSR count). The predicted octanol–water partition coefficient (Wildman–Crippen LogP) is 5.42. The van der Waals surface area contributed by atoms with E-state index < -0.39 is 28.6 Å². The summed E-state index contributed by atoms with van der Waals surface area (Å²) in [6.07, 6.45) is 4.47. The molecule has 28 heavy (non-hydrogen) atoms. The third kappa shape index (κ3) is 1.98. The standard InChI is InChI=1S/C24H32F2O2/c1-13-9-17-18-11-20(25)19-10-16(28)7-8-21(19,4)24(18,26)14(2)12-22(17,5)23(13,6)15(3)27/h7-8,10,13-14,17-18,20H,9,11-12H2,1-6H3/t13-,14+,17?,18?,20+,21+,22+,23-,24-/m1/s1. The van der Waals surface area contributed by atoms with Gasteiger partial charge in [-0.3, -0.25) is 9.59 Å². The average Bonchev–Trinajstić information content (AvgIpc) is 2.81. The maximum absolute atomic E-state index is 17.2. The molecule has 0 amide bonds. The van der Waals surface area contributed by atoms with Crippen molar-refractivity contribution in [2.24, 2.45) is 39.9 Å². The minimum absolute atomic E-state index is 0.0414. The molecule has 0 aliphatic heterocycles. The molecule has 0 radical (unpaired) electrons. The molecule has 0 aromatic carbocycles. The molecule has 4 aliphatic carbocycles. The molecule has 9 atom stereocenters. The van der Waals surface area contributed by atoms with Gasteiger partial charge in [-0.05, 0) is 74.0 Å². The van der Waals surface area contributed by atoms with E-state index in [2.05, 4.69) is 13.8 Å². The smallest absolute Gasteiger partial charge is 0.178 e. The Balaban J connectivity index is 1.88. The number of hydrogen-bond acceptors (Lipinski definition) is 2. The first-order chi connectivity index (χ1) is 12.8. The van der Waals surface area contributed by atoms with Gasteiger partial charge in [0.1, 0.15) is 17.6 Å². The molecule has 0 spiro atoms. The van der Waals surface area contributed by atoms with Gasteiger partial charge >= 0.3 is 0 Å². The number of fused-ring (bicyclic) bond motifs is 5. The third-order valence-electron chi connectivity index (χ3n) is 9.87. The highest BCUT2D eigenvalue weighted by molar-refractivity contribution is 6.01. The minimum Gasteiger partial charge on any atom is -0.299 e. The van der Waals surface area contributed by atoms with Gasteiger partial charge in [0.15, 0.2) is 5.78 Å². The molecule has 0 saturated heterocycles. The first kappa shape index (κ1) is 20.0. The molecule has 0 heterocycles. The van der Waals surface area contributed by atoms with Crippen molar-refractivity contribution in [3.63, 3.8) is 0 Å². The predicted molar refractivity (Wildman–Crippen MR) is 105 cm³/mol. The van der Waals surface area contributed by atoms with Crippen LogP contribution in [0.2, 0.25) is 0 Å². The topological polar surface area (TPSA) is 34.1 Å². The largest absolute Gasteiger partial charge is 0.299 e. The Bertz CT molecular complexity index is 815. The lowest BCUT2D eigenvalue weighted by molar-refractivity contribution is -0.183. The summed E-state index contributed by atoms with van der Waals surface area (Å²) in [4.78, 5) is 24.6. The maximum Gasteiger partial charge on any atom is 0.178 e. The number of ketones is 2. The quantitative estimate of drug-likeness (QED) is 0.599. The van der Waals surface area contributed by atoms with E-state index in [4.69, 9.17) is 0 Å². The van der Waals surface area contributed by atoms with Crippen LogP contribution in [0, 0.1) is 39.9 Å². The Hall–Kier alpha value is -1.32. The molecule has 3 saturated carbocycles. The van der Waals surface area contributed by atoms with Crippen molar-refractivity contribution in [2.75, 3.05) is 0 Å². The molecule has 0 bridgehead atoms. The van der Waals surface area contributed by atoms with Crippen LogP contribution in [0.25, 0.3) is 0 Å². The summed E-state index contributed by atoms with van der Waals surface area (Å²) in [7, 11) is 0. The zero-order chi connectivity index (χ0) is 20.9. The Kier molecular flexibility index (Phi) is 4.02. The van der Waals surface area contributed by atoms with Crippen LogP contribution in [0.3, 0.4) is 0 Å². The summed E-state index contributed by atoms with van der Waals surface area (Å²) in [5.41, 5.74) is -3.29. The highest BCUT2D eigenvalue weighted by atomic mass is 19.1. The van der Waals surface area contributed by atoms with E-state index in [1.165, 1.54) is 12.2 Å². The number of rotatable bonds is 1. The van der Waals surface area contributed by atoms with Gasteiger partial charge in [-0.25, -0.2) is 8.78 Å². The molecular weight excluding hydrogens is 358 g/mol. The van der Waals surface area contributed by atoms with Gasteiger partial charge in [0.25, 0.3) is 0 Å². The van der Waals surface area contributed by atoms with E-state index in [9.17, 15) is 9.59 Å². The molecule has 0 aromatic heterocycles. The monoisotopic (exact) mass is 390 g/mol. The van der Waals surface area contributed by atoms with Gasteiger partial charge in [0.2, 0.25) is 0 Å². The van der Waals surface area contributed by atoms with Gasteiger partial charge in [-0.2, -0.15) is 0 Å². The van der Waals surface area contributed by atoms with Crippen LogP contribution in [-0.4, -0.2) is 23.4 Å². The summed E-state index contributed by atoms with van der Waals surface area (Å²) in [5.74, 6) is -0.794. The normalized spacial score (nSPS) is 55.2. The number of halogens is 2. The Morgan fingerprint density at radius 1 is 1.11 bits per heavy atom. The van der Waals surface area contributed by atoms with Crippen LogP contribution in [-0.2, 0) is 9.59 Å². The lowest BCUT2D eigenvalue weighted by Crippen LogP contribution is -2.66. The first-order valence-corrected chi connectivity index (χ1v) is 10.6. The van der Waals surface area contributed by atoms with Crippen molar-refractivity contribution in [2.45, 2.75) is 72.6 Å². The lowest BCUT2D eigenvalue weighted by Gasteiger charge is -2.64. The van der Waals surface area contributed by atoms with E-state index in [0.717, 1.165) is 6.42 Å². The zero-order valence-corrected chi connectivity index (χ0v) is 17.8. The van der Waals surface area contributed by atoms with Crippen molar-refractivity contribution in [1.82, 2.24) is 0 Å². The second kappa shape index (κ2) is 5.64. The number of hydrogen-bond donors (Lipinski definition) is 0. The minimum atomic E-state index is -1.62. The summed E-state index contributed by atoms with van der Waals surface area (Å²) >= 11 is 0. The fourth-order valence-electron chi connectivity index (χ4n) is 8.03. The molecule has 4 heteroatoms. The van der Waals surface area contributed by atoms with Crippen molar-refractivity contribution < 1.29 is 18.4 Å². The zero-order valence-electron chi connectivity index (χ0n) is 17.8. The number of Topliss-reactive ketones (excluding diaryl/α,β-unsaturated/α-hetero) is 1. The summed E-state index contributed by atoms with van der Waals surface area (Å²) < 4.78 is 32.5. The maximum atomic E-state index is 17.2. The van der Waals surface area contributed by atoms with Gasteiger partial charge in [0, 0.05) is 16.7 Å². The highest BCUT2D eigenvalue weighted by Crippen LogP contribution is 2.74. The number of alkyl halides is 2. The van der Waals surface area contributed by atoms with Crippen molar-refractivity contribution in [1.29, 1.82) is 0 Å². The highest BCUT2D eigenvalue weighted by Gasteiger charge is 2.74. The molecular formula is C24H32F2O2. The van der Waals surface area contributed by atoms with Crippen LogP contribution in [0.5, 0.6) is 0 Å². The number of allylic oxidation sites excluding steroid dienone is 4. The number of carbonyl (C=O) groups is 2. The van der Waals surface area contributed by atoms with Crippen LogP contribution < -0.4 is 0 Å². The Labute approximate surface area is 166 Å². The molecule has 0 aromatic rings. The van der Waals surface area contributed by atoms with E-state index in [1.54, 1.807) is 19.9 Å². The third-order valence-corrected chi connectivity index (χ3v) is 9.87. The first-order valence-electron chi connectivity index (χ1n) is 10.6. The molecule has 0 N–H and O–H groups in total. The van der Waals surface area contributed by atoms with E-state index in [0.29, 0.717) is 12.0 Å². The summed E-state index contributed by atoms with van der Waals surface area (Å²) in [6.45, 7) is 11.6. The van der Waals surface area contributed by atoms with Gasteiger partial charge in [0.05, 0.1) is 0 Å².